The van der Waals surface area contributed by atoms with Crippen LogP contribution in [0, 0.1) is 5.82 Å². The summed E-state index contributed by atoms with van der Waals surface area (Å²) in [5, 5.41) is 2.47. The number of carbonyl (C=O) groups is 2. The quantitative estimate of drug-likeness (QED) is 0.794. The van der Waals surface area contributed by atoms with Gasteiger partial charge in [0.15, 0.2) is 0 Å². The van der Waals surface area contributed by atoms with Crippen LogP contribution in [-0.2, 0) is 9.59 Å². The SMILES string of the molecule is COc1cc(F)ccc1NC(=O)CC(C)=O. The number of anilines is 1. The fourth-order valence-corrected chi connectivity index (χ4v) is 1.19. The molecule has 1 aromatic carbocycles. The zero-order chi connectivity index (χ0) is 12.1. The maximum Gasteiger partial charge on any atom is 0.231 e. The van der Waals surface area contributed by atoms with E-state index < -0.39 is 11.7 Å². The van der Waals surface area contributed by atoms with Gasteiger partial charge in [-0.25, -0.2) is 4.39 Å². The summed E-state index contributed by atoms with van der Waals surface area (Å²) in [4.78, 5) is 22.0. The van der Waals surface area contributed by atoms with Crippen LogP contribution in [0.3, 0.4) is 0 Å². The summed E-state index contributed by atoms with van der Waals surface area (Å²) in [6, 6.07) is 3.74. The second-order valence-corrected chi connectivity index (χ2v) is 3.27. The number of ether oxygens (including phenoxy) is 1. The largest absolute Gasteiger partial charge is 0.494 e. The first-order chi connectivity index (χ1) is 7.52. The maximum atomic E-state index is 12.8. The number of ketones is 1. The molecule has 86 valence electrons. The third kappa shape index (κ3) is 3.34. The van der Waals surface area contributed by atoms with Gasteiger partial charge in [0.05, 0.1) is 19.2 Å². The van der Waals surface area contributed by atoms with Gasteiger partial charge in [-0.3, -0.25) is 9.59 Å². The normalized spacial score (nSPS) is 9.69. The van der Waals surface area contributed by atoms with Gasteiger partial charge in [-0.2, -0.15) is 0 Å². The molecule has 1 rings (SSSR count). The van der Waals surface area contributed by atoms with E-state index in [0.717, 1.165) is 6.07 Å². The lowest BCUT2D eigenvalue weighted by Crippen LogP contribution is -2.15. The van der Waals surface area contributed by atoms with Crippen LogP contribution in [0.1, 0.15) is 13.3 Å². The minimum atomic E-state index is -0.457. The third-order valence-electron chi connectivity index (χ3n) is 1.85. The van der Waals surface area contributed by atoms with Crippen molar-refractivity contribution >= 4 is 17.4 Å². The third-order valence-corrected chi connectivity index (χ3v) is 1.85. The number of amides is 1. The Kier molecular flexibility index (Phi) is 3.99. The predicted octanol–water partition coefficient (Wildman–Crippen LogP) is 1.75. The van der Waals surface area contributed by atoms with Gasteiger partial charge in [-0.1, -0.05) is 0 Å². The number of benzene rings is 1. The molecule has 0 fully saturated rings. The van der Waals surface area contributed by atoms with Crippen LogP contribution in [0.15, 0.2) is 18.2 Å². The summed E-state index contributed by atoms with van der Waals surface area (Å²) < 4.78 is 17.7. The Morgan fingerprint density at radius 3 is 2.69 bits per heavy atom. The molecule has 0 aromatic heterocycles. The van der Waals surface area contributed by atoms with Crippen molar-refractivity contribution in [3.8, 4) is 5.75 Å². The van der Waals surface area contributed by atoms with Crippen LogP contribution in [-0.4, -0.2) is 18.8 Å². The van der Waals surface area contributed by atoms with Gasteiger partial charge in [0.25, 0.3) is 0 Å². The van der Waals surface area contributed by atoms with Gasteiger partial charge in [0.1, 0.15) is 17.3 Å². The van der Waals surface area contributed by atoms with Gasteiger partial charge < -0.3 is 10.1 Å². The van der Waals surface area contributed by atoms with Crippen LogP contribution in [0.25, 0.3) is 0 Å². The van der Waals surface area contributed by atoms with Crippen molar-refractivity contribution in [2.24, 2.45) is 0 Å². The van der Waals surface area contributed by atoms with Crippen LogP contribution in [0.2, 0.25) is 0 Å². The first-order valence-electron chi connectivity index (χ1n) is 4.65. The lowest BCUT2D eigenvalue weighted by atomic mass is 10.2. The molecule has 0 saturated heterocycles. The highest BCUT2D eigenvalue weighted by molar-refractivity contribution is 6.04. The summed E-state index contributed by atoms with van der Waals surface area (Å²) in [6.45, 7) is 1.32. The van der Waals surface area contributed by atoms with Crippen LogP contribution in [0.5, 0.6) is 5.75 Å². The van der Waals surface area contributed by atoms with Gasteiger partial charge in [-0.15, -0.1) is 0 Å². The van der Waals surface area contributed by atoms with Gasteiger partial charge in [0.2, 0.25) is 5.91 Å². The van der Waals surface area contributed by atoms with E-state index in [0.29, 0.717) is 5.69 Å². The smallest absolute Gasteiger partial charge is 0.231 e. The van der Waals surface area contributed by atoms with Crippen molar-refractivity contribution in [2.75, 3.05) is 12.4 Å². The monoisotopic (exact) mass is 225 g/mol. The lowest BCUT2D eigenvalue weighted by Gasteiger charge is -2.09. The molecule has 0 aliphatic carbocycles. The molecule has 0 atom stereocenters. The van der Waals surface area contributed by atoms with Gasteiger partial charge in [-0.05, 0) is 19.1 Å². The Labute approximate surface area is 92.4 Å². The average molecular weight is 225 g/mol. The van der Waals surface area contributed by atoms with Crippen LogP contribution in [0.4, 0.5) is 10.1 Å². The Bertz CT molecular complexity index is 418. The number of hydrogen-bond acceptors (Lipinski definition) is 3. The second kappa shape index (κ2) is 5.25. The van der Waals surface area contributed by atoms with E-state index in [2.05, 4.69) is 5.32 Å². The first kappa shape index (κ1) is 12.2. The summed E-state index contributed by atoms with van der Waals surface area (Å²) in [7, 11) is 1.37. The summed E-state index contributed by atoms with van der Waals surface area (Å²) >= 11 is 0. The van der Waals surface area contributed by atoms with Gasteiger partial charge >= 0.3 is 0 Å². The molecule has 1 N–H and O–H groups in total. The number of hydrogen-bond donors (Lipinski definition) is 1. The molecule has 0 unspecified atom stereocenters. The van der Waals surface area contributed by atoms with E-state index in [1.54, 1.807) is 0 Å². The summed E-state index contributed by atoms with van der Waals surface area (Å²) in [5.74, 6) is -0.922. The van der Waals surface area contributed by atoms with E-state index in [1.807, 2.05) is 0 Å². The molecule has 0 radical (unpaired) electrons. The fourth-order valence-electron chi connectivity index (χ4n) is 1.19. The van der Waals surface area contributed by atoms with Crippen molar-refractivity contribution in [2.45, 2.75) is 13.3 Å². The Balaban J connectivity index is 2.80. The van der Waals surface area contributed by atoms with E-state index in [9.17, 15) is 14.0 Å². The van der Waals surface area contributed by atoms with Crippen LogP contribution >= 0.6 is 0 Å². The highest BCUT2D eigenvalue weighted by atomic mass is 19.1. The zero-order valence-corrected chi connectivity index (χ0v) is 9.04. The Hall–Kier alpha value is -1.91. The molecule has 0 spiro atoms. The molecular formula is C11H12FNO3. The van der Waals surface area contributed by atoms with E-state index >= 15 is 0 Å². The molecule has 0 bridgehead atoms. The van der Waals surface area contributed by atoms with Gasteiger partial charge in [0, 0.05) is 6.07 Å². The second-order valence-electron chi connectivity index (χ2n) is 3.27. The van der Waals surface area contributed by atoms with Crippen molar-refractivity contribution in [3.05, 3.63) is 24.0 Å². The van der Waals surface area contributed by atoms with Crippen molar-refractivity contribution in [3.63, 3.8) is 0 Å². The van der Waals surface area contributed by atoms with Crippen LogP contribution < -0.4 is 10.1 Å². The number of carbonyl (C=O) groups excluding carboxylic acids is 2. The molecule has 16 heavy (non-hydrogen) atoms. The van der Waals surface area contributed by atoms with E-state index in [1.165, 1.54) is 26.2 Å². The van der Waals surface area contributed by atoms with Crippen molar-refractivity contribution < 1.29 is 18.7 Å². The van der Waals surface area contributed by atoms with Crippen molar-refractivity contribution in [1.29, 1.82) is 0 Å². The Morgan fingerprint density at radius 2 is 2.12 bits per heavy atom. The number of halogens is 1. The topological polar surface area (TPSA) is 55.4 Å². The molecule has 4 nitrogen and oxygen atoms in total. The van der Waals surface area contributed by atoms with E-state index in [4.69, 9.17) is 4.74 Å². The Morgan fingerprint density at radius 1 is 1.44 bits per heavy atom. The molecular weight excluding hydrogens is 213 g/mol. The average Bonchev–Trinajstić information content (AvgIpc) is 2.19. The van der Waals surface area contributed by atoms with Crippen molar-refractivity contribution in [1.82, 2.24) is 0 Å². The first-order valence-corrected chi connectivity index (χ1v) is 4.65. The molecule has 0 aliphatic heterocycles. The summed E-state index contributed by atoms with van der Waals surface area (Å²) in [5.41, 5.74) is 0.343. The molecule has 0 aliphatic rings. The molecule has 0 heterocycles. The fraction of sp³-hybridized carbons (Fsp3) is 0.273. The summed E-state index contributed by atoms with van der Waals surface area (Å²) in [6.07, 6.45) is -0.208. The molecule has 1 aromatic rings. The number of rotatable bonds is 4. The molecule has 0 saturated carbocycles. The highest BCUT2D eigenvalue weighted by Gasteiger charge is 2.09. The number of Topliss-reactive ketones (excluding diaryl/α,β-unsaturated/α-hetero) is 1. The highest BCUT2D eigenvalue weighted by Crippen LogP contribution is 2.24. The predicted molar refractivity (Wildman–Crippen MR) is 56.9 cm³/mol. The minimum absolute atomic E-state index is 0.208. The standard InChI is InChI=1S/C11H12FNO3/c1-7(14)5-11(15)13-9-4-3-8(12)6-10(9)16-2/h3-4,6H,5H2,1-2H3,(H,13,15). The maximum absolute atomic E-state index is 12.8. The zero-order valence-electron chi connectivity index (χ0n) is 9.04. The molecule has 5 heteroatoms. The number of methoxy groups -OCH3 is 1. The van der Waals surface area contributed by atoms with E-state index in [-0.39, 0.29) is 18.0 Å². The minimum Gasteiger partial charge on any atom is -0.494 e. The number of nitrogens with one attached hydrogen (secondary N) is 1. The lowest BCUT2D eigenvalue weighted by molar-refractivity contribution is -0.124. The molecule has 1 amide bonds.